The highest BCUT2D eigenvalue weighted by atomic mass is 16.6. The van der Waals surface area contributed by atoms with Gasteiger partial charge in [-0.25, -0.2) is 4.79 Å². The van der Waals surface area contributed by atoms with E-state index >= 15 is 0 Å². The van der Waals surface area contributed by atoms with Crippen LogP contribution in [0.4, 0.5) is 4.79 Å². The Kier molecular flexibility index (Phi) is 12.8. The lowest BCUT2D eigenvalue weighted by molar-refractivity contribution is -0.132. The number of ether oxygens (including phenoxy) is 2. The van der Waals surface area contributed by atoms with E-state index in [1.807, 2.05) is 25.7 Å². The number of fused-ring (bicyclic) bond motifs is 2. The van der Waals surface area contributed by atoms with E-state index in [0.29, 0.717) is 38.3 Å². The predicted molar refractivity (Wildman–Crippen MR) is 135 cm³/mol. The van der Waals surface area contributed by atoms with Gasteiger partial charge in [-0.2, -0.15) is 0 Å². The molecule has 0 aromatic carbocycles. The summed E-state index contributed by atoms with van der Waals surface area (Å²) in [7, 11) is 0. The van der Waals surface area contributed by atoms with Gasteiger partial charge in [-0.15, -0.1) is 0 Å². The number of carbonyl (C=O) groups is 2. The molecule has 2 saturated heterocycles. The molecule has 1 amide bonds. The number of ketones is 1. The van der Waals surface area contributed by atoms with Crippen LogP contribution >= 0.6 is 0 Å². The van der Waals surface area contributed by atoms with Gasteiger partial charge < -0.3 is 9.47 Å². The van der Waals surface area contributed by atoms with Crippen molar-refractivity contribution in [2.75, 3.05) is 13.2 Å². The molecule has 2 unspecified atom stereocenters. The first-order valence-electron chi connectivity index (χ1n) is 13.9. The van der Waals surface area contributed by atoms with Gasteiger partial charge in [-0.05, 0) is 40.0 Å². The molecule has 0 spiro atoms. The summed E-state index contributed by atoms with van der Waals surface area (Å²) < 4.78 is 11.3. The van der Waals surface area contributed by atoms with Crippen molar-refractivity contribution in [3.8, 4) is 0 Å². The Morgan fingerprint density at radius 2 is 1.24 bits per heavy atom. The van der Waals surface area contributed by atoms with E-state index in [4.69, 9.17) is 9.47 Å². The van der Waals surface area contributed by atoms with Crippen LogP contribution in [-0.2, 0) is 14.3 Å². The fraction of sp³-hybridized carbons (Fsp3) is 0.929. The third kappa shape index (κ3) is 10.8. The number of morpholine rings is 1. The number of carbonyl (C=O) groups excluding carboxylic acids is 2. The Morgan fingerprint density at radius 1 is 0.788 bits per heavy atom. The summed E-state index contributed by atoms with van der Waals surface area (Å²) in [6.07, 6.45) is 19.0. The molecule has 2 atom stereocenters. The largest absolute Gasteiger partial charge is 0.444 e. The van der Waals surface area contributed by atoms with Crippen molar-refractivity contribution in [1.29, 1.82) is 0 Å². The van der Waals surface area contributed by atoms with E-state index in [0.717, 1.165) is 12.8 Å². The topological polar surface area (TPSA) is 55.8 Å². The summed E-state index contributed by atoms with van der Waals surface area (Å²) in [5.74, 6) is 0.457. The number of nitrogens with zero attached hydrogens (tertiary/aromatic N) is 1. The highest BCUT2D eigenvalue weighted by molar-refractivity contribution is 5.81. The van der Waals surface area contributed by atoms with Gasteiger partial charge in [-0.3, -0.25) is 9.69 Å². The molecule has 0 radical (unpaired) electrons. The SMILES string of the molecule is CCCCCCCCCCCCCCCC(=O)C1CC2COCC(C1)N2C(=O)OC(C)(C)C. The predicted octanol–water partition coefficient (Wildman–Crippen LogP) is 7.45. The Labute approximate surface area is 203 Å². The standard InChI is InChI=1S/C28H51NO4/c1-5-6-7-8-9-10-11-12-13-14-15-16-17-18-26(30)23-19-24-21-32-22-25(20-23)29(24)27(31)33-28(2,3)4/h23-25H,5-22H2,1-4H3. The molecule has 192 valence electrons. The van der Waals surface area contributed by atoms with Crippen molar-refractivity contribution >= 4 is 11.9 Å². The Bertz CT molecular complexity index is 557. The number of Topliss-reactive ketones (excluding diaryl/α,β-unsaturated/α-hetero) is 1. The summed E-state index contributed by atoms with van der Waals surface area (Å²) in [6, 6.07) is -0.0686. The van der Waals surface area contributed by atoms with Crippen LogP contribution in [0.1, 0.15) is 130 Å². The molecule has 5 heteroatoms. The van der Waals surface area contributed by atoms with Gasteiger partial charge in [0.15, 0.2) is 0 Å². The first kappa shape index (κ1) is 28.1. The van der Waals surface area contributed by atoms with Crippen molar-refractivity contribution < 1.29 is 19.1 Å². The molecule has 2 aliphatic rings. The second kappa shape index (κ2) is 15.0. The van der Waals surface area contributed by atoms with Crippen LogP contribution in [0.5, 0.6) is 0 Å². The zero-order valence-corrected chi connectivity index (χ0v) is 22.0. The summed E-state index contributed by atoms with van der Waals surface area (Å²) in [5, 5.41) is 0. The van der Waals surface area contributed by atoms with Crippen LogP contribution in [0.3, 0.4) is 0 Å². The van der Waals surface area contributed by atoms with Crippen molar-refractivity contribution in [2.24, 2.45) is 5.92 Å². The quantitative estimate of drug-likeness (QED) is 0.236. The average molecular weight is 466 g/mol. The zero-order valence-electron chi connectivity index (χ0n) is 22.0. The highest BCUT2D eigenvalue weighted by Crippen LogP contribution is 2.34. The molecule has 0 aliphatic carbocycles. The summed E-state index contributed by atoms with van der Waals surface area (Å²) in [6.45, 7) is 8.97. The molecule has 33 heavy (non-hydrogen) atoms. The molecule has 0 saturated carbocycles. The highest BCUT2D eigenvalue weighted by Gasteiger charge is 2.44. The maximum atomic E-state index is 12.9. The molecule has 2 bridgehead atoms. The number of piperidine rings is 1. The minimum Gasteiger partial charge on any atom is -0.444 e. The first-order valence-corrected chi connectivity index (χ1v) is 13.9. The number of amides is 1. The maximum absolute atomic E-state index is 12.9. The van der Waals surface area contributed by atoms with E-state index in [-0.39, 0.29) is 24.1 Å². The van der Waals surface area contributed by atoms with Gasteiger partial charge in [0.2, 0.25) is 0 Å². The Morgan fingerprint density at radius 3 is 1.70 bits per heavy atom. The van der Waals surface area contributed by atoms with E-state index in [9.17, 15) is 9.59 Å². The van der Waals surface area contributed by atoms with Gasteiger partial charge in [-0.1, -0.05) is 84.0 Å². The lowest BCUT2D eigenvalue weighted by Crippen LogP contribution is -2.60. The van der Waals surface area contributed by atoms with Crippen molar-refractivity contribution in [1.82, 2.24) is 4.90 Å². The van der Waals surface area contributed by atoms with Gasteiger partial charge in [0.25, 0.3) is 0 Å². The molecular formula is C28H51NO4. The van der Waals surface area contributed by atoms with E-state index in [2.05, 4.69) is 6.92 Å². The van der Waals surface area contributed by atoms with Crippen molar-refractivity contribution in [2.45, 2.75) is 148 Å². The second-order valence-electron chi connectivity index (χ2n) is 11.4. The molecule has 2 rings (SSSR count). The van der Waals surface area contributed by atoms with E-state index in [1.54, 1.807) is 0 Å². The summed E-state index contributed by atoms with van der Waals surface area (Å²) in [4.78, 5) is 27.4. The number of rotatable bonds is 15. The average Bonchev–Trinajstić information content (AvgIpc) is 2.74. The number of hydrogen-bond acceptors (Lipinski definition) is 4. The van der Waals surface area contributed by atoms with Crippen LogP contribution in [0.25, 0.3) is 0 Å². The summed E-state index contributed by atoms with van der Waals surface area (Å²) in [5.41, 5.74) is -0.507. The molecular weight excluding hydrogens is 414 g/mol. The van der Waals surface area contributed by atoms with Crippen LogP contribution in [0.2, 0.25) is 0 Å². The van der Waals surface area contributed by atoms with Crippen LogP contribution in [-0.4, -0.2) is 47.7 Å². The summed E-state index contributed by atoms with van der Waals surface area (Å²) >= 11 is 0. The minimum absolute atomic E-state index is 0.0343. The lowest BCUT2D eigenvalue weighted by atomic mass is 9.81. The molecule has 0 aromatic heterocycles. The Balaban J connectivity index is 1.55. The fourth-order valence-electron chi connectivity index (χ4n) is 5.31. The number of unbranched alkanes of at least 4 members (excludes halogenated alkanes) is 12. The first-order chi connectivity index (χ1) is 15.8. The minimum atomic E-state index is -0.507. The Hall–Kier alpha value is -1.10. The lowest BCUT2D eigenvalue weighted by Gasteiger charge is -2.47. The van der Waals surface area contributed by atoms with Gasteiger partial charge >= 0.3 is 6.09 Å². The van der Waals surface area contributed by atoms with Crippen molar-refractivity contribution in [3.05, 3.63) is 0 Å². The van der Waals surface area contributed by atoms with Crippen LogP contribution < -0.4 is 0 Å². The van der Waals surface area contributed by atoms with Crippen LogP contribution in [0.15, 0.2) is 0 Å². The molecule has 0 N–H and O–H groups in total. The second-order valence-corrected chi connectivity index (χ2v) is 11.4. The van der Waals surface area contributed by atoms with Crippen LogP contribution in [0, 0.1) is 5.92 Å². The zero-order chi connectivity index (χ0) is 24.1. The molecule has 2 fully saturated rings. The van der Waals surface area contributed by atoms with Gasteiger partial charge in [0.1, 0.15) is 11.4 Å². The van der Waals surface area contributed by atoms with Crippen molar-refractivity contribution in [3.63, 3.8) is 0 Å². The maximum Gasteiger partial charge on any atom is 0.410 e. The normalized spacial score (nSPS) is 22.9. The molecule has 2 heterocycles. The van der Waals surface area contributed by atoms with Gasteiger partial charge in [0, 0.05) is 12.3 Å². The third-order valence-corrected chi connectivity index (χ3v) is 7.11. The fourth-order valence-corrected chi connectivity index (χ4v) is 5.31. The van der Waals surface area contributed by atoms with E-state index < -0.39 is 5.60 Å². The molecule has 0 aromatic rings. The molecule has 2 aliphatic heterocycles. The smallest absolute Gasteiger partial charge is 0.410 e. The van der Waals surface area contributed by atoms with Gasteiger partial charge in [0.05, 0.1) is 25.3 Å². The van der Waals surface area contributed by atoms with E-state index in [1.165, 1.54) is 70.6 Å². The molecule has 5 nitrogen and oxygen atoms in total. The number of hydrogen-bond donors (Lipinski definition) is 0. The monoisotopic (exact) mass is 465 g/mol. The third-order valence-electron chi connectivity index (χ3n) is 7.11.